The first-order valence-corrected chi connectivity index (χ1v) is 7.14. The number of ether oxygens (including phenoxy) is 1. The molecule has 0 amide bonds. The highest BCUT2D eigenvalue weighted by molar-refractivity contribution is 5.40. The number of nitro benzene ring substituents is 1. The molecule has 116 valence electrons. The molecule has 1 aromatic carbocycles. The van der Waals surface area contributed by atoms with E-state index >= 15 is 0 Å². The van der Waals surface area contributed by atoms with E-state index in [2.05, 4.69) is 22.1 Å². The average Bonchev–Trinajstić information content (AvgIpc) is 3.05. The third-order valence-electron chi connectivity index (χ3n) is 3.86. The van der Waals surface area contributed by atoms with Crippen molar-refractivity contribution in [2.24, 2.45) is 0 Å². The Bertz CT molecular complexity index is 649. The Morgan fingerprint density at radius 3 is 2.59 bits per heavy atom. The molecule has 1 aromatic heterocycles. The lowest BCUT2D eigenvalue weighted by Gasteiger charge is -2.30. The molecule has 8 nitrogen and oxygen atoms in total. The zero-order chi connectivity index (χ0) is 15.5. The number of nitro groups is 1. The Morgan fingerprint density at radius 2 is 1.95 bits per heavy atom. The summed E-state index contributed by atoms with van der Waals surface area (Å²) in [6.07, 6.45) is 1.86. The fourth-order valence-corrected chi connectivity index (χ4v) is 2.47. The topological polar surface area (TPSA) is 86.3 Å². The van der Waals surface area contributed by atoms with Crippen molar-refractivity contribution < 1.29 is 9.66 Å². The number of hydrogen-bond donors (Lipinski definition) is 0. The first-order chi connectivity index (χ1) is 10.6. The molecule has 1 aliphatic rings. The van der Waals surface area contributed by atoms with Gasteiger partial charge in [-0.15, -0.1) is 5.10 Å². The molecule has 0 bridgehead atoms. The number of benzene rings is 1. The first-order valence-electron chi connectivity index (χ1n) is 7.14. The van der Waals surface area contributed by atoms with Gasteiger partial charge in [0.2, 0.25) is 0 Å². The highest BCUT2D eigenvalue weighted by Gasteiger charge is 2.21. The lowest BCUT2D eigenvalue weighted by atomic mass is 10.2. The van der Waals surface area contributed by atoms with Crippen molar-refractivity contribution in [1.29, 1.82) is 0 Å². The summed E-state index contributed by atoms with van der Waals surface area (Å²) in [7, 11) is 0. The van der Waals surface area contributed by atoms with Crippen molar-refractivity contribution in [1.82, 2.24) is 19.9 Å². The van der Waals surface area contributed by atoms with E-state index in [0.29, 0.717) is 0 Å². The van der Waals surface area contributed by atoms with Gasteiger partial charge in [-0.25, -0.2) is 4.68 Å². The maximum atomic E-state index is 10.7. The van der Waals surface area contributed by atoms with Gasteiger partial charge in [0.25, 0.3) is 5.69 Å². The van der Waals surface area contributed by atoms with Gasteiger partial charge in [-0.1, -0.05) is 5.21 Å². The Labute approximate surface area is 127 Å². The van der Waals surface area contributed by atoms with E-state index in [1.165, 1.54) is 12.1 Å². The van der Waals surface area contributed by atoms with Gasteiger partial charge in [0, 0.05) is 25.2 Å². The Kier molecular flexibility index (Phi) is 4.12. The molecule has 0 aliphatic carbocycles. The van der Waals surface area contributed by atoms with Crippen LogP contribution in [0.4, 0.5) is 5.69 Å². The molecule has 1 aliphatic heterocycles. The van der Waals surface area contributed by atoms with E-state index in [0.717, 1.165) is 37.7 Å². The largest absolute Gasteiger partial charge is 0.379 e. The summed E-state index contributed by atoms with van der Waals surface area (Å²) >= 11 is 0. The van der Waals surface area contributed by atoms with Crippen molar-refractivity contribution in [2.75, 3.05) is 26.3 Å². The van der Waals surface area contributed by atoms with Gasteiger partial charge in [-0.05, 0) is 19.1 Å². The standard InChI is InChI=1S/C14H17N5O3/c1-11(17-6-8-22-9-7-17)14-10-18(16-15-14)12-2-4-13(5-3-12)19(20)21/h2-5,10-11H,6-9H2,1H3. The summed E-state index contributed by atoms with van der Waals surface area (Å²) in [5.74, 6) is 0. The van der Waals surface area contributed by atoms with E-state index in [-0.39, 0.29) is 11.7 Å². The van der Waals surface area contributed by atoms with Crippen molar-refractivity contribution in [2.45, 2.75) is 13.0 Å². The molecular formula is C14H17N5O3. The second-order valence-corrected chi connectivity index (χ2v) is 5.19. The summed E-state index contributed by atoms with van der Waals surface area (Å²) in [5.41, 5.74) is 1.68. The maximum absolute atomic E-state index is 10.7. The minimum Gasteiger partial charge on any atom is -0.379 e. The average molecular weight is 303 g/mol. The smallest absolute Gasteiger partial charge is 0.269 e. The first kappa shape index (κ1) is 14.6. The van der Waals surface area contributed by atoms with Crippen LogP contribution in [0, 0.1) is 10.1 Å². The quantitative estimate of drug-likeness (QED) is 0.629. The molecule has 1 saturated heterocycles. The van der Waals surface area contributed by atoms with Gasteiger partial charge in [-0.3, -0.25) is 15.0 Å². The van der Waals surface area contributed by atoms with Crippen LogP contribution < -0.4 is 0 Å². The fourth-order valence-electron chi connectivity index (χ4n) is 2.47. The van der Waals surface area contributed by atoms with Gasteiger partial charge >= 0.3 is 0 Å². The van der Waals surface area contributed by atoms with Crippen LogP contribution in [0.5, 0.6) is 0 Å². The summed E-state index contributed by atoms with van der Waals surface area (Å²) in [4.78, 5) is 12.6. The summed E-state index contributed by atoms with van der Waals surface area (Å²) in [5, 5.41) is 19.0. The Morgan fingerprint density at radius 1 is 1.27 bits per heavy atom. The van der Waals surface area contributed by atoms with Crippen LogP contribution in [0.25, 0.3) is 5.69 Å². The number of nitrogens with zero attached hydrogens (tertiary/aromatic N) is 5. The monoisotopic (exact) mass is 303 g/mol. The second kappa shape index (κ2) is 6.20. The SMILES string of the molecule is CC(c1cn(-c2ccc([N+](=O)[O-])cc2)nn1)N1CCOCC1. The molecule has 0 radical (unpaired) electrons. The van der Waals surface area contributed by atoms with Crippen LogP contribution in [-0.4, -0.2) is 51.1 Å². The van der Waals surface area contributed by atoms with Gasteiger partial charge in [0.05, 0.1) is 41.8 Å². The maximum Gasteiger partial charge on any atom is 0.269 e. The second-order valence-electron chi connectivity index (χ2n) is 5.19. The van der Waals surface area contributed by atoms with Crippen molar-refractivity contribution in [3.63, 3.8) is 0 Å². The minimum absolute atomic E-state index is 0.0609. The predicted octanol–water partition coefficient (Wildman–Crippen LogP) is 1.57. The normalized spacial score (nSPS) is 17.3. The highest BCUT2D eigenvalue weighted by atomic mass is 16.6. The van der Waals surface area contributed by atoms with Crippen LogP contribution in [-0.2, 0) is 4.74 Å². The van der Waals surface area contributed by atoms with Crippen molar-refractivity contribution in [3.05, 3.63) is 46.3 Å². The number of rotatable bonds is 4. The highest BCUT2D eigenvalue weighted by Crippen LogP contribution is 2.20. The molecule has 1 atom stereocenters. The number of non-ortho nitro benzene ring substituents is 1. The van der Waals surface area contributed by atoms with Gasteiger partial charge in [0.15, 0.2) is 0 Å². The number of morpholine rings is 1. The van der Waals surface area contributed by atoms with E-state index in [1.807, 2.05) is 6.20 Å². The summed E-state index contributed by atoms with van der Waals surface area (Å²) in [6, 6.07) is 6.41. The van der Waals surface area contributed by atoms with Crippen LogP contribution in [0.1, 0.15) is 18.7 Å². The minimum atomic E-state index is -0.420. The van der Waals surface area contributed by atoms with Crippen molar-refractivity contribution >= 4 is 5.69 Å². The van der Waals surface area contributed by atoms with Crippen LogP contribution in [0.15, 0.2) is 30.5 Å². The van der Waals surface area contributed by atoms with Crippen molar-refractivity contribution in [3.8, 4) is 5.69 Å². The fraction of sp³-hybridized carbons (Fsp3) is 0.429. The van der Waals surface area contributed by atoms with Gasteiger partial charge in [0.1, 0.15) is 0 Å². The predicted molar refractivity (Wildman–Crippen MR) is 78.8 cm³/mol. The lowest BCUT2D eigenvalue weighted by Crippen LogP contribution is -2.38. The molecule has 0 N–H and O–H groups in total. The van der Waals surface area contributed by atoms with Gasteiger partial charge < -0.3 is 4.74 Å². The van der Waals surface area contributed by atoms with Gasteiger partial charge in [-0.2, -0.15) is 0 Å². The Balaban J connectivity index is 1.76. The Hall–Kier alpha value is -2.32. The third-order valence-corrected chi connectivity index (χ3v) is 3.86. The number of aromatic nitrogens is 3. The molecular weight excluding hydrogens is 286 g/mol. The lowest BCUT2D eigenvalue weighted by molar-refractivity contribution is -0.384. The third kappa shape index (κ3) is 2.97. The molecule has 3 rings (SSSR count). The number of hydrogen-bond acceptors (Lipinski definition) is 6. The zero-order valence-corrected chi connectivity index (χ0v) is 12.3. The van der Waals surface area contributed by atoms with Crippen LogP contribution in [0.2, 0.25) is 0 Å². The van der Waals surface area contributed by atoms with E-state index in [4.69, 9.17) is 4.74 Å². The van der Waals surface area contributed by atoms with E-state index in [1.54, 1.807) is 16.8 Å². The molecule has 8 heteroatoms. The molecule has 22 heavy (non-hydrogen) atoms. The van der Waals surface area contributed by atoms with E-state index in [9.17, 15) is 10.1 Å². The molecule has 1 fully saturated rings. The molecule has 2 heterocycles. The summed E-state index contributed by atoms with van der Waals surface area (Å²) in [6.45, 7) is 5.33. The molecule has 0 spiro atoms. The van der Waals surface area contributed by atoms with Crippen LogP contribution >= 0.6 is 0 Å². The molecule has 1 unspecified atom stereocenters. The van der Waals surface area contributed by atoms with Crippen LogP contribution in [0.3, 0.4) is 0 Å². The molecule has 0 saturated carbocycles. The van der Waals surface area contributed by atoms with E-state index < -0.39 is 4.92 Å². The summed E-state index contributed by atoms with van der Waals surface area (Å²) < 4.78 is 6.99. The molecule has 2 aromatic rings. The zero-order valence-electron chi connectivity index (χ0n) is 12.3.